The summed E-state index contributed by atoms with van der Waals surface area (Å²) in [4.78, 5) is 20.7. The Hall–Kier alpha value is -2.09. The second-order valence-corrected chi connectivity index (χ2v) is 9.98. The second-order valence-electron chi connectivity index (χ2n) is 9.10. The van der Waals surface area contributed by atoms with Gasteiger partial charge in [-0.25, -0.2) is 0 Å². The van der Waals surface area contributed by atoms with Gasteiger partial charge in [0.1, 0.15) is 0 Å². The molecule has 0 spiro atoms. The average Bonchev–Trinajstić information content (AvgIpc) is 3.23. The molecule has 0 radical (unpaired) electrons. The Kier molecular flexibility index (Phi) is 10.0. The lowest BCUT2D eigenvalue weighted by Crippen LogP contribution is -2.56. The number of benzene rings is 2. The van der Waals surface area contributed by atoms with E-state index in [1.165, 1.54) is 10.9 Å². The Balaban J connectivity index is 0.00000167. The summed E-state index contributed by atoms with van der Waals surface area (Å²) in [6.07, 6.45) is 3.96. The number of para-hydroxylation sites is 1. The molecule has 1 fully saturated rings. The number of likely N-dealkylation sites (tertiary alicyclic amines) is 1. The molecule has 0 saturated carbocycles. The summed E-state index contributed by atoms with van der Waals surface area (Å²) >= 11 is 12.3. The maximum absolute atomic E-state index is 13.3. The van der Waals surface area contributed by atoms with Gasteiger partial charge in [0, 0.05) is 59.9 Å². The molecule has 2 aromatic carbocycles. The van der Waals surface area contributed by atoms with Crippen LogP contribution < -0.4 is 0 Å². The lowest BCUT2D eigenvalue weighted by molar-refractivity contribution is -0.147. The molecule has 2 unspecified atom stereocenters. The van der Waals surface area contributed by atoms with E-state index >= 15 is 0 Å². The molecule has 2 heterocycles. The lowest BCUT2D eigenvalue weighted by atomic mass is 9.85. The van der Waals surface area contributed by atoms with Gasteiger partial charge in [-0.15, -0.1) is 0 Å². The van der Waals surface area contributed by atoms with Gasteiger partial charge in [-0.05, 0) is 68.6 Å². The van der Waals surface area contributed by atoms with E-state index in [2.05, 4.69) is 34.3 Å². The Labute approximate surface area is 217 Å². The maximum Gasteiger partial charge on any atom is 0.229 e. The Morgan fingerprint density at radius 2 is 1.86 bits per heavy atom. The molecule has 6 nitrogen and oxygen atoms in total. The summed E-state index contributed by atoms with van der Waals surface area (Å²) in [5, 5.41) is 19.9. The number of aromatic amines is 1. The summed E-state index contributed by atoms with van der Waals surface area (Å²) in [6, 6.07) is 13.7. The van der Waals surface area contributed by atoms with Gasteiger partial charge < -0.3 is 20.1 Å². The highest BCUT2D eigenvalue weighted by atomic mass is 35.5. The molecule has 1 aliphatic heterocycles. The van der Waals surface area contributed by atoms with Crippen LogP contribution in [0.5, 0.6) is 0 Å². The molecule has 190 valence electrons. The molecule has 3 atom stereocenters. The van der Waals surface area contributed by atoms with Crippen molar-refractivity contribution in [1.82, 2.24) is 14.8 Å². The molecule has 4 rings (SSSR count). The Morgan fingerprint density at radius 1 is 1.17 bits per heavy atom. The van der Waals surface area contributed by atoms with Crippen molar-refractivity contribution in [1.29, 1.82) is 0 Å². The fourth-order valence-electron chi connectivity index (χ4n) is 5.10. The number of hydrogen-bond acceptors (Lipinski definition) is 4. The van der Waals surface area contributed by atoms with Crippen molar-refractivity contribution in [2.45, 2.75) is 44.9 Å². The van der Waals surface area contributed by atoms with Crippen LogP contribution >= 0.6 is 23.2 Å². The van der Waals surface area contributed by atoms with Gasteiger partial charge in [0.2, 0.25) is 5.91 Å². The van der Waals surface area contributed by atoms with Crippen molar-refractivity contribution in [3.05, 3.63) is 69.8 Å². The summed E-state index contributed by atoms with van der Waals surface area (Å²) in [7, 11) is 2.99. The van der Waals surface area contributed by atoms with E-state index in [0.29, 0.717) is 29.7 Å². The number of aliphatic hydroxyl groups excluding tert-OH is 2. The van der Waals surface area contributed by atoms with E-state index < -0.39 is 12.0 Å². The molecule has 35 heavy (non-hydrogen) atoms. The van der Waals surface area contributed by atoms with Crippen LogP contribution in [0.1, 0.15) is 30.9 Å². The molecule has 1 amide bonds. The third kappa shape index (κ3) is 6.78. The van der Waals surface area contributed by atoms with Crippen molar-refractivity contribution in [3.8, 4) is 0 Å². The minimum absolute atomic E-state index is 0.0381. The molecule has 3 N–H and O–H groups in total. The highest BCUT2D eigenvalue weighted by Crippen LogP contribution is 2.29. The third-order valence-electron chi connectivity index (χ3n) is 6.70. The SMILES string of the molecule is CC(O)C1C(=O)N(CCCc2c[nH]c3ccccc23)CC[C@@H]1N(C)Cc1cc(Cl)cc(Cl)c1.CO. The Bertz CT molecular complexity index is 1100. The number of piperidine rings is 1. The number of aliphatic hydroxyl groups is 2. The average molecular weight is 521 g/mol. The predicted octanol–water partition coefficient (Wildman–Crippen LogP) is 4.75. The summed E-state index contributed by atoms with van der Waals surface area (Å²) in [6.45, 7) is 3.72. The minimum atomic E-state index is -0.718. The normalized spacial score (nSPS) is 19.1. The second kappa shape index (κ2) is 12.7. The molecular formula is C27H35Cl2N3O3. The highest BCUT2D eigenvalue weighted by molar-refractivity contribution is 6.34. The quantitative estimate of drug-likeness (QED) is 0.401. The van der Waals surface area contributed by atoms with Crippen LogP contribution in [-0.4, -0.2) is 70.3 Å². The maximum atomic E-state index is 13.3. The topological polar surface area (TPSA) is 79.8 Å². The van der Waals surface area contributed by atoms with Gasteiger partial charge in [0.15, 0.2) is 0 Å². The first kappa shape index (κ1) is 27.5. The number of carbonyl (C=O) groups is 1. The number of rotatable bonds is 8. The number of aromatic nitrogens is 1. The van der Waals surface area contributed by atoms with Gasteiger partial charge >= 0.3 is 0 Å². The third-order valence-corrected chi connectivity index (χ3v) is 7.13. The summed E-state index contributed by atoms with van der Waals surface area (Å²) < 4.78 is 0. The molecular weight excluding hydrogens is 485 g/mol. The number of fused-ring (bicyclic) bond motifs is 1. The van der Waals surface area contributed by atoms with Crippen LogP contribution in [0, 0.1) is 5.92 Å². The van der Waals surface area contributed by atoms with Crippen LogP contribution in [0.25, 0.3) is 10.9 Å². The number of halogens is 2. The van der Waals surface area contributed by atoms with Gasteiger partial charge in [0.05, 0.1) is 12.0 Å². The number of aryl methyl sites for hydroxylation is 1. The minimum Gasteiger partial charge on any atom is -0.400 e. The highest BCUT2D eigenvalue weighted by Gasteiger charge is 2.41. The number of nitrogens with zero attached hydrogens (tertiary/aromatic N) is 2. The molecule has 1 aliphatic rings. The summed E-state index contributed by atoms with van der Waals surface area (Å²) in [5.41, 5.74) is 3.41. The number of H-pyrrole nitrogens is 1. The largest absolute Gasteiger partial charge is 0.400 e. The fraction of sp³-hybridized carbons (Fsp3) is 0.444. The van der Waals surface area contributed by atoms with Gasteiger partial charge in [-0.2, -0.15) is 0 Å². The van der Waals surface area contributed by atoms with E-state index in [0.717, 1.165) is 37.5 Å². The molecule has 0 bridgehead atoms. The van der Waals surface area contributed by atoms with Gasteiger partial charge in [-0.3, -0.25) is 9.69 Å². The van der Waals surface area contributed by atoms with E-state index in [1.54, 1.807) is 13.0 Å². The molecule has 8 heteroatoms. The van der Waals surface area contributed by atoms with Crippen LogP contribution in [0.15, 0.2) is 48.7 Å². The van der Waals surface area contributed by atoms with E-state index in [1.807, 2.05) is 30.1 Å². The zero-order valence-electron chi connectivity index (χ0n) is 20.5. The van der Waals surface area contributed by atoms with Crippen molar-refractivity contribution < 1.29 is 15.0 Å². The van der Waals surface area contributed by atoms with Crippen molar-refractivity contribution in [3.63, 3.8) is 0 Å². The standard InChI is InChI=1S/C26H31Cl2N3O2.CH4O/c1-17(32)25-24(30(2)16-18-12-20(27)14-21(28)13-18)9-11-31(26(25)33)10-5-6-19-15-29-23-8-4-3-7-22(19)23;1-2/h3-4,7-8,12-15,17,24-25,29,32H,5-6,9-11,16H2,1-2H3;2H,1H3/t17?,24-,25?;/m0./s1. The van der Waals surface area contributed by atoms with Gasteiger partial charge in [-0.1, -0.05) is 41.4 Å². The van der Waals surface area contributed by atoms with E-state index in [9.17, 15) is 9.90 Å². The fourth-order valence-corrected chi connectivity index (χ4v) is 5.68. The van der Waals surface area contributed by atoms with E-state index in [4.69, 9.17) is 28.3 Å². The van der Waals surface area contributed by atoms with Crippen molar-refractivity contribution in [2.75, 3.05) is 27.2 Å². The van der Waals surface area contributed by atoms with Crippen molar-refractivity contribution >= 4 is 40.0 Å². The number of amides is 1. The lowest BCUT2D eigenvalue weighted by Gasteiger charge is -2.43. The number of carbonyl (C=O) groups excluding carboxylic acids is 1. The zero-order chi connectivity index (χ0) is 25.5. The molecule has 0 aliphatic carbocycles. The van der Waals surface area contributed by atoms with Crippen molar-refractivity contribution in [2.24, 2.45) is 5.92 Å². The number of hydrogen-bond donors (Lipinski definition) is 3. The van der Waals surface area contributed by atoms with Crippen LogP contribution in [0.2, 0.25) is 10.0 Å². The van der Waals surface area contributed by atoms with Crippen LogP contribution in [0.3, 0.4) is 0 Å². The first-order chi connectivity index (χ1) is 16.8. The summed E-state index contributed by atoms with van der Waals surface area (Å²) in [5.74, 6) is -0.414. The molecule has 1 aromatic heterocycles. The monoisotopic (exact) mass is 519 g/mol. The zero-order valence-corrected chi connectivity index (χ0v) is 22.1. The van der Waals surface area contributed by atoms with E-state index in [-0.39, 0.29) is 11.9 Å². The smallest absolute Gasteiger partial charge is 0.229 e. The number of nitrogens with one attached hydrogen (secondary N) is 1. The van der Waals surface area contributed by atoms with Gasteiger partial charge in [0.25, 0.3) is 0 Å². The Morgan fingerprint density at radius 3 is 2.54 bits per heavy atom. The predicted molar refractivity (Wildman–Crippen MR) is 143 cm³/mol. The molecule has 3 aromatic rings. The van der Waals surface area contributed by atoms with Crippen LogP contribution in [-0.2, 0) is 17.8 Å². The van der Waals surface area contributed by atoms with Crippen LogP contribution in [0.4, 0.5) is 0 Å². The first-order valence-electron chi connectivity index (χ1n) is 12.0. The molecule has 1 saturated heterocycles. The first-order valence-corrected chi connectivity index (χ1v) is 12.7.